The van der Waals surface area contributed by atoms with Gasteiger partial charge in [-0.15, -0.1) is 0 Å². The lowest BCUT2D eigenvalue weighted by molar-refractivity contribution is -0.140. The SMILES string of the molecule is O=C(NC1CCCCC1)[C@@H](Cc1ccccc1)N(Cc1ccc(F)cc1)C(=O)CN(c1ccc(Cl)c(C(F)(F)F)c1)S(=O)(=O)c1ccccc1. The van der Waals surface area contributed by atoms with Crippen LogP contribution in [0.3, 0.4) is 0 Å². The van der Waals surface area contributed by atoms with Crippen molar-refractivity contribution in [3.8, 4) is 0 Å². The molecule has 0 bridgehead atoms. The summed E-state index contributed by atoms with van der Waals surface area (Å²) in [7, 11) is -4.64. The van der Waals surface area contributed by atoms with Crippen molar-refractivity contribution in [1.29, 1.82) is 0 Å². The molecule has 0 heterocycles. The molecule has 0 saturated heterocycles. The fourth-order valence-electron chi connectivity index (χ4n) is 6.02. The predicted molar refractivity (Wildman–Crippen MR) is 183 cm³/mol. The van der Waals surface area contributed by atoms with E-state index in [-0.39, 0.29) is 23.9 Å². The second kappa shape index (κ2) is 16.1. The third-order valence-corrected chi connectivity index (χ3v) is 10.8. The van der Waals surface area contributed by atoms with Crippen LogP contribution in [0.1, 0.15) is 48.8 Å². The Bertz CT molecular complexity index is 1870. The van der Waals surface area contributed by atoms with Gasteiger partial charge in [0.2, 0.25) is 11.8 Å². The molecule has 1 N–H and O–H groups in total. The second-order valence-corrected chi connectivity index (χ2v) is 14.5. The summed E-state index contributed by atoms with van der Waals surface area (Å²) in [6.07, 6.45) is -0.447. The predicted octanol–water partition coefficient (Wildman–Crippen LogP) is 7.78. The Balaban J connectivity index is 1.60. The smallest absolute Gasteiger partial charge is 0.352 e. The van der Waals surface area contributed by atoms with Crippen LogP contribution in [0.25, 0.3) is 0 Å². The zero-order valence-corrected chi connectivity index (χ0v) is 28.5. The molecule has 1 fully saturated rings. The number of alkyl halides is 3. The molecule has 1 aliphatic rings. The molecule has 7 nitrogen and oxygen atoms in total. The van der Waals surface area contributed by atoms with E-state index in [1.54, 1.807) is 36.4 Å². The highest BCUT2D eigenvalue weighted by atomic mass is 35.5. The number of rotatable bonds is 12. The molecular weight excluding hydrogens is 694 g/mol. The first kappa shape index (κ1) is 36.9. The molecule has 0 unspecified atom stereocenters. The number of nitrogens with one attached hydrogen (secondary N) is 1. The van der Waals surface area contributed by atoms with Crippen molar-refractivity contribution in [1.82, 2.24) is 10.2 Å². The minimum Gasteiger partial charge on any atom is -0.352 e. The van der Waals surface area contributed by atoms with Crippen molar-refractivity contribution in [2.45, 2.75) is 68.2 Å². The standard InChI is InChI=1S/C37H36ClF4N3O4S/c38-33-21-20-30(23-32(33)37(40,41)42)45(50(48,49)31-14-8-3-9-15-31)25-35(46)44(24-27-16-18-28(39)19-17-27)34(22-26-10-4-1-5-11-26)36(47)43-29-12-6-2-7-13-29/h1,3-5,8-11,14-21,23,29,34H,2,6-7,12-13,22,24-25H2,(H,43,47)/t34-/m1/s1. The van der Waals surface area contributed by atoms with Gasteiger partial charge in [0.1, 0.15) is 18.4 Å². The Morgan fingerprint density at radius 2 is 1.46 bits per heavy atom. The molecule has 5 rings (SSSR count). The van der Waals surface area contributed by atoms with Gasteiger partial charge in [-0.2, -0.15) is 13.2 Å². The summed E-state index contributed by atoms with van der Waals surface area (Å²) in [5.74, 6) is -1.84. The molecule has 0 aliphatic heterocycles. The molecule has 0 radical (unpaired) electrons. The summed E-state index contributed by atoms with van der Waals surface area (Å²) in [4.78, 5) is 29.7. The quantitative estimate of drug-likeness (QED) is 0.151. The fraction of sp³-hybridized carbons (Fsp3) is 0.297. The summed E-state index contributed by atoms with van der Waals surface area (Å²) in [6, 6.07) is 22.5. The van der Waals surface area contributed by atoms with Gasteiger partial charge < -0.3 is 10.2 Å². The van der Waals surface area contributed by atoms with Gasteiger partial charge in [0.05, 0.1) is 21.2 Å². The number of nitrogens with zero attached hydrogens (tertiary/aromatic N) is 2. The Labute approximate surface area is 293 Å². The molecule has 1 aliphatic carbocycles. The number of hydrogen-bond donors (Lipinski definition) is 1. The highest BCUT2D eigenvalue weighted by molar-refractivity contribution is 7.92. The highest BCUT2D eigenvalue weighted by Crippen LogP contribution is 2.38. The summed E-state index contributed by atoms with van der Waals surface area (Å²) in [5, 5.41) is 2.43. The van der Waals surface area contributed by atoms with Gasteiger partial charge in [0, 0.05) is 19.0 Å². The average Bonchev–Trinajstić information content (AvgIpc) is 3.10. The number of carbonyl (C=O) groups excluding carboxylic acids is 2. The molecular formula is C37H36ClF4N3O4S. The molecule has 0 aromatic heterocycles. The van der Waals surface area contributed by atoms with Crippen molar-refractivity contribution in [2.75, 3.05) is 10.8 Å². The number of sulfonamides is 1. The van der Waals surface area contributed by atoms with Gasteiger partial charge in [-0.3, -0.25) is 13.9 Å². The minimum absolute atomic E-state index is 0.0525. The number of hydrogen-bond acceptors (Lipinski definition) is 4. The third kappa shape index (κ3) is 9.22. The summed E-state index contributed by atoms with van der Waals surface area (Å²) < 4.78 is 84.6. The number of benzene rings is 4. The number of anilines is 1. The maximum absolute atomic E-state index is 14.6. The van der Waals surface area contributed by atoms with E-state index >= 15 is 0 Å². The van der Waals surface area contributed by atoms with Crippen LogP contribution in [0, 0.1) is 5.82 Å². The molecule has 2 amide bonds. The Morgan fingerprint density at radius 1 is 0.840 bits per heavy atom. The molecule has 4 aromatic carbocycles. The van der Waals surface area contributed by atoms with Gasteiger partial charge in [-0.05, 0) is 66.4 Å². The van der Waals surface area contributed by atoms with E-state index < -0.39 is 62.7 Å². The van der Waals surface area contributed by atoms with Crippen LogP contribution in [0.2, 0.25) is 5.02 Å². The van der Waals surface area contributed by atoms with Crippen molar-refractivity contribution in [3.63, 3.8) is 0 Å². The van der Waals surface area contributed by atoms with Gasteiger partial charge in [0.25, 0.3) is 10.0 Å². The van der Waals surface area contributed by atoms with Crippen LogP contribution in [0.15, 0.2) is 108 Å². The molecule has 4 aromatic rings. The number of carbonyl (C=O) groups is 2. The second-order valence-electron chi connectivity index (χ2n) is 12.2. The van der Waals surface area contributed by atoms with Gasteiger partial charge in [0.15, 0.2) is 0 Å². The van der Waals surface area contributed by atoms with Crippen LogP contribution in [-0.4, -0.2) is 43.8 Å². The van der Waals surface area contributed by atoms with Crippen LogP contribution in [-0.2, 0) is 38.8 Å². The molecule has 0 spiro atoms. The van der Waals surface area contributed by atoms with Crippen molar-refractivity contribution < 1.29 is 35.6 Å². The first-order valence-corrected chi connectivity index (χ1v) is 18.0. The Kier molecular flexibility index (Phi) is 11.8. The monoisotopic (exact) mass is 729 g/mol. The summed E-state index contributed by atoms with van der Waals surface area (Å²) in [6.45, 7) is -1.18. The maximum Gasteiger partial charge on any atom is 0.417 e. The Morgan fingerprint density at radius 3 is 2.08 bits per heavy atom. The highest BCUT2D eigenvalue weighted by Gasteiger charge is 2.38. The largest absolute Gasteiger partial charge is 0.417 e. The van der Waals surface area contributed by atoms with E-state index in [4.69, 9.17) is 11.6 Å². The molecule has 50 heavy (non-hydrogen) atoms. The van der Waals surface area contributed by atoms with Gasteiger partial charge in [-0.25, -0.2) is 12.8 Å². The van der Waals surface area contributed by atoms with E-state index in [9.17, 15) is 35.6 Å². The number of amides is 2. The number of halogens is 5. The van der Waals surface area contributed by atoms with Crippen molar-refractivity contribution >= 4 is 39.1 Å². The van der Waals surface area contributed by atoms with Gasteiger partial charge in [-0.1, -0.05) is 91.5 Å². The van der Waals surface area contributed by atoms with E-state index in [0.717, 1.165) is 49.8 Å². The van der Waals surface area contributed by atoms with Crippen LogP contribution < -0.4 is 9.62 Å². The average molecular weight is 730 g/mol. The topological polar surface area (TPSA) is 86.8 Å². The molecule has 264 valence electrons. The normalized spacial score (nSPS) is 14.5. The van der Waals surface area contributed by atoms with E-state index in [1.165, 1.54) is 53.4 Å². The van der Waals surface area contributed by atoms with E-state index in [1.807, 2.05) is 0 Å². The third-order valence-electron chi connectivity index (χ3n) is 8.64. The van der Waals surface area contributed by atoms with Crippen LogP contribution >= 0.6 is 11.6 Å². The molecule has 13 heteroatoms. The van der Waals surface area contributed by atoms with Crippen LogP contribution in [0.5, 0.6) is 0 Å². The van der Waals surface area contributed by atoms with E-state index in [0.29, 0.717) is 15.9 Å². The van der Waals surface area contributed by atoms with Crippen LogP contribution in [0.4, 0.5) is 23.2 Å². The maximum atomic E-state index is 14.6. The molecule has 1 saturated carbocycles. The lowest BCUT2D eigenvalue weighted by Gasteiger charge is -2.35. The van der Waals surface area contributed by atoms with Crippen molar-refractivity contribution in [2.24, 2.45) is 0 Å². The minimum atomic E-state index is -4.92. The first-order valence-electron chi connectivity index (χ1n) is 16.2. The zero-order valence-electron chi connectivity index (χ0n) is 27.0. The lowest BCUT2D eigenvalue weighted by Crippen LogP contribution is -2.55. The molecule has 1 atom stereocenters. The first-order chi connectivity index (χ1) is 23.8. The van der Waals surface area contributed by atoms with Crippen molar-refractivity contribution in [3.05, 3.63) is 131 Å². The van der Waals surface area contributed by atoms with E-state index in [2.05, 4.69) is 5.32 Å². The fourth-order valence-corrected chi connectivity index (χ4v) is 7.67. The Hall–Kier alpha value is -4.42. The lowest BCUT2D eigenvalue weighted by atomic mass is 9.94. The summed E-state index contributed by atoms with van der Waals surface area (Å²) >= 11 is 5.87. The zero-order chi connectivity index (χ0) is 35.9. The van der Waals surface area contributed by atoms with Gasteiger partial charge >= 0.3 is 6.18 Å². The summed E-state index contributed by atoms with van der Waals surface area (Å²) in [5.41, 5.74) is -0.567.